The van der Waals surface area contributed by atoms with Gasteiger partial charge in [0, 0.05) is 18.2 Å². The molecule has 0 saturated carbocycles. The van der Waals surface area contributed by atoms with Crippen LogP contribution in [0.15, 0.2) is 53.5 Å². The monoisotopic (exact) mass is 480 g/mol. The Balaban J connectivity index is 0.00000364. The van der Waals surface area contributed by atoms with Crippen molar-refractivity contribution in [2.24, 2.45) is 4.99 Å². The Morgan fingerprint density at radius 1 is 1.22 bits per heavy atom. The first-order valence-electron chi connectivity index (χ1n) is 8.89. The molecule has 2 aromatic rings. The van der Waals surface area contributed by atoms with Crippen molar-refractivity contribution < 1.29 is 4.39 Å². The largest absolute Gasteiger partial charge is 0.357 e. The number of benzene rings is 2. The molecular weight excluding hydrogens is 454 g/mol. The van der Waals surface area contributed by atoms with E-state index in [9.17, 15) is 4.39 Å². The number of halogens is 2. The Morgan fingerprint density at radius 2 is 1.96 bits per heavy atom. The quantitative estimate of drug-likeness (QED) is 0.351. The molecule has 0 fully saturated rings. The molecule has 4 nitrogen and oxygen atoms in total. The van der Waals surface area contributed by atoms with E-state index < -0.39 is 0 Å². The van der Waals surface area contributed by atoms with Gasteiger partial charge in [0.05, 0.1) is 18.2 Å². The van der Waals surface area contributed by atoms with Crippen LogP contribution in [-0.4, -0.2) is 18.5 Å². The first-order valence-corrected chi connectivity index (χ1v) is 8.89. The molecule has 0 radical (unpaired) electrons. The van der Waals surface area contributed by atoms with Gasteiger partial charge in [-0.25, -0.2) is 9.38 Å². The summed E-state index contributed by atoms with van der Waals surface area (Å²) in [6.45, 7) is 5.00. The second-order valence-corrected chi connectivity index (χ2v) is 6.18. The molecule has 0 heterocycles. The van der Waals surface area contributed by atoms with Crippen LogP contribution >= 0.6 is 24.0 Å². The molecule has 0 amide bonds. The van der Waals surface area contributed by atoms with Crippen molar-refractivity contribution >= 4 is 29.9 Å². The molecule has 0 aliphatic heterocycles. The Morgan fingerprint density at radius 3 is 2.63 bits per heavy atom. The van der Waals surface area contributed by atoms with Gasteiger partial charge in [0.15, 0.2) is 5.96 Å². The van der Waals surface area contributed by atoms with E-state index in [2.05, 4.69) is 34.7 Å². The van der Waals surface area contributed by atoms with Gasteiger partial charge < -0.3 is 10.6 Å². The lowest BCUT2D eigenvalue weighted by molar-refractivity contribution is 0.590. The summed E-state index contributed by atoms with van der Waals surface area (Å²) in [7, 11) is 0. The number of hydrogen-bond acceptors (Lipinski definition) is 2. The molecule has 0 aromatic heterocycles. The number of guanidine groups is 1. The number of aliphatic imine (C=N–C) groups is 1. The lowest BCUT2D eigenvalue weighted by Gasteiger charge is -2.18. The smallest absolute Gasteiger partial charge is 0.191 e. The Kier molecular flexibility index (Phi) is 10.4. The highest BCUT2D eigenvalue weighted by Gasteiger charge is 2.07. The predicted octanol–water partition coefficient (Wildman–Crippen LogP) is 4.39. The number of nitrogens with one attached hydrogen (secondary N) is 2. The molecule has 0 saturated heterocycles. The minimum atomic E-state index is -0.347. The molecule has 6 heteroatoms. The molecule has 0 aliphatic rings. The summed E-state index contributed by atoms with van der Waals surface area (Å²) < 4.78 is 13.9. The molecule has 2 aromatic carbocycles. The summed E-state index contributed by atoms with van der Waals surface area (Å²) in [6, 6.07) is 16.9. The maximum atomic E-state index is 13.9. The standard InChI is InChI=1S/C21H25FN4.HI/c1-3-24-21(25-15-19-13-18(14-23)11-12-20(19)22)26-16(2)9-10-17-7-5-4-6-8-17;/h4-8,11-13,16H,3,9-10,15H2,1-2H3,(H2,24,25,26);1H. The summed E-state index contributed by atoms with van der Waals surface area (Å²) in [4.78, 5) is 4.46. The zero-order valence-electron chi connectivity index (χ0n) is 15.7. The van der Waals surface area contributed by atoms with Gasteiger partial charge in [-0.05, 0) is 50.5 Å². The van der Waals surface area contributed by atoms with Crippen LogP contribution in [0.25, 0.3) is 0 Å². The van der Waals surface area contributed by atoms with Crippen molar-refractivity contribution in [2.45, 2.75) is 39.3 Å². The second-order valence-electron chi connectivity index (χ2n) is 6.18. The van der Waals surface area contributed by atoms with Crippen LogP contribution in [0.2, 0.25) is 0 Å². The molecule has 1 unspecified atom stereocenters. The molecule has 0 aliphatic carbocycles. The first kappa shape index (κ1) is 22.9. The maximum Gasteiger partial charge on any atom is 0.191 e. The molecule has 144 valence electrons. The third-order valence-corrected chi connectivity index (χ3v) is 4.02. The second kappa shape index (κ2) is 12.3. The van der Waals surface area contributed by atoms with Crippen LogP contribution in [0.1, 0.15) is 37.0 Å². The van der Waals surface area contributed by atoms with Gasteiger partial charge in [-0.1, -0.05) is 30.3 Å². The minimum Gasteiger partial charge on any atom is -0.357 e. The highest BCUT2D eigenvalue weighted by atomic mass is 127. The fraction of sp³-hybridized carbons (Fsp3) is 0.333. The molecule has 0 bridgehead atoms. The topological polar surface area (TPSA) is 60.2 Å². The molecule has 0 spiro atoms. The van der Waals surface area contributed by atoms with Crippen LogP contribution < -0.4 is 10.6 Å². The van der Waals surface area contributed by atoms with E-state index in [1.807, 2.05) is 31.2 Å². The predicted molar refractivity (Wildman–Crippen MR) is 119 cm³/mol. The summed E-state index contributed by atoms with van der Waals surface area (Å²) in [5, 5.41) is 15.5. The van der Waals surface area contributed by atoms with Gasteiger partial charge in [0.2, 0.25) is 0 Å². The maximum absolute atomic E-state index is 13.9. The van der Waals surface area contributed by atoms with Crippen molar-refractivity contribution in [2.75, 3.05) is 6.54 Å². The zero-order valence-corrected chi connectivity index (χ0v) is 18.0. The Labute approximate surface area is 177 Å². The molecule has 2 rings (SSSR count). The number of nitriles is 1. The summed E-state index contributed by atoms with van der Waals surface area (Å²) in [6.07, 6.45) is 1.94. The van der Waals surface area contributed by atoms with E-state index in [0.717, 1.165) is 19.4 Å². The highest BCUT2D eigenvalue weighted by Crippen LogP contribution is 2.11. The number of rotatable bonds is 7. The molecule has 27 heavy (non-hydrogen) atoms. The number of hydrogen-bond donors (Lipinski definition) is 2. The van der Waals surface area contributed by atoms with Crippen LogP contribution in [0.4, 0.5) is 4.39 Å². The normalized spacial score (nSPS) is 11.9. The van der Waals surface area contributed by atoms with Crippen LogP contribution in [0.3, 0.4) is 0 Å². The van der Waals surface area contributed by atoms with Gasteiger partial charge in [-0.2, -0.15) is 5.26 Å². The average molecular weight is 480 g/mol. The van der Waals surface area contributed by atoms with Gasteiger partial charge >= 0.3 is 0 Å². The lowest BCUT2D eigenvalue weighted by atomic mass is 10.1. The molecular formula is C21H26FIN4. The van der Waals surface area contributed by atoms with Crippen LogP contribution in [0.5, 0.6) is 0 Å². The van der Waals surface area contributed by atoms with E-state index in [4.69, 9.17) is 5.26 Å². The van der Waals surface area contributed by atoms with Crippen molar-refractivity contribution in [3.8, 4) is 6.07 Å². The van der Waals surface area contributed by atoms with Crippen LogP contribution in [-0.2, 0) is 13.0 Å². The van der Waals surface area contributed by atoms with E-state index in [1.54, 1.807) is 6.07 Å². The van der Waals surface area contributed by atoms with Gasteiger partial charge in [0.1, 0.15) is 5.82 Å². The van der Waals surface area contributed by atoms with Gasteiger partial charge in [-0.3, -0.25) is 0 Å². The van der Waals surface area contributed by atoms with Crippen molar-refractivity contribution in [1.29, 1.82) is 5.26 Å². The highest BCUT2D eigenvalue weighted by molar-refractivity contribution is 14.0. The minimum absolute atomic E-state index is 0. The van der Waals surface area contributed by atoms with Crippen molar-refractivity contribution in [3.05, 3.63) is 71.0 Å². The van der Waals surface area contributed by atoms with Crippen molar-refractivity contribution in [3.63, 3.8) is 0 Å². The Bertz CT molecular complexity index is 771. The van der Waals surface area contributed by atoms with E-state index >= 15 is 0 Å². The lowest BCUT2D eigenvalue weighted by Crippen LogP contribution is -2.42. The fourth-order valence-electron chi connectivity index (χ4n) is 2.58. The van der Waals surface area contributed by atoms with Gasteiger partial charge in [-0.15, -0.1) is 24.0 Å². The average Bonchev–Trinajstić information content (AvgIpc) is 2.66. The van der Waals surface area contributed by atoms with E-state index in [0.29, 0.717) is 17.1 Å². The molecule has 1 atom stereocenters. The number of nitrogens with zero attached hydrogens (tertiary/aromatic N) is 2. The Hall–Kier alpha value is -2.14. The first-order chi connectivity index (χ1) is 12.6. The van der Waals surface area contributed by atoms with Crippen LogP contribution in [0, 0.1) is 17.1 Å². The summed E-state index contributed by atoms with van der Waals surface area (Å²) in [5.74, 6) is 0.301. The molecule has 2 N–H and O–H groups in total. The van der Waals surface area contributed by atoms with E-state index in [-0.39, 0.29) is 42.4 Å². The summed E-state index contributed by atoms with van der Waals surface area (Å²) in [5.41, 5.74) is 2.16. The van der Waals surface area contributed by atoms with Crippen molar-refractivity contribution in [1.82, 2.24) is 10.6 Å². The fourth-order valence-corrected chi connectivity index (χ4v) is 2.58. The third kappa shape index (κ3) is 7.95. The zero-order chi connectivity index (χ0) is 18.8. The van der Waals surface area contributed by atoms with Gasteiger partial charge in [0.25, 0.3) is 0 Å². The summed E-state index contributed by atoms with van der Waals surface area (Å²) >= 11 is 0. The SMILES string of the molecule is CCNC(=NCc1cc(C#N)ccc1F)NC(C)CCc1ccccc1.I. The third-order valence-electron chi connectivity index (χ3n) is 4.02. The van der Waals surface area contributed by atoms with E-state index in [1.165, 1.54) is 17.7 Å². The number of aryl methyl sites for hydroxylation is 1.